The van der Waals surface area contributed by atoms with Crippen molar-refractivity contribution in [1.29, 1.82) is 0 Å². The van der Waals surface area contributed by atoms with Crippen LogP contribution < -0.4 is 16.0 Å². The first-order chi connectivity index (χ1) is 8.21. The number of carbonyl (C=O) groups is 1. The Labute approximate surface area is 105 Å². The van der Waals surface area contributed by atoms with Gasteiger partial charge in [-0.15, -0.1) is 11.8 Å². The van der Waals surface area contributed by atoms with Crippen LogP contribution in [0.3, 0.4) is 0 Å². The van der Waals surface area contributed by atoms with Crippen molar-refractivity contribution >= 4 is 17.7 Å². The van der Waals surface area contributed by atoms with Crippen LogP contribution in [0.1, 0.15) is 0 Å². The van der Waals surface area contributed by atoms with Crippen LogP contribution in [-0.2, 0) is 9.53 Å². The van der Waals surface area contributed by atoms with Crippen molar-refractivity contribution in [3.8, 4) is 5.75 Å². The summed E-state index contributed by atoms with van der Waals surface area (Å²) < 4.78 is 10.4. The molecule has 0 spiro atoms. The van der Waals surface area contributed by atoms with Crippen molar-refractivity contribution in [3.63, 3.8) is 0 Å². The van der Waals surface area contributed by atoms with Gasteiger partial charge in [0.2, 0.25) is 6.10 Å². The lowest BCUT2D eigenvalue weighted by Crippen LogP contribution is -2.44. The Balaban J connectivity index is 2.68. The zero-order valence-corrected chi connectivity index (χ0v) is 10.6. The lowest BCUT2D eigenvalue weighted by Gasteiger charge is -2.16. The second kappa shape index (κ2) is 7.16. The third-order valence-electron chi connectivity index (χ3n) is 2.09. The van der Waals surface area contributed by atoms with Crippen LogP contribution in [0, 0.1) is 0 Å². The molecule has 0 heterocycles. The van der Waals surface area contributed by atoms with Gasteiger partial charge in [-0.1, -0.05) is 0 Å². The Morgan fingerprint density at radius 2 is 2.12 bits per heavy atom. The monoisotopic (exact) mass is 256 g/mol. The van der Waals surface area contributed by atoms with Crippen LogP contribution in [0.15, 0.2) is 29.2 Å². The molecule has 1 rings (SSSR count). The van der Waals surface area contributed by atoms with Crippen LogP contribution in [-0.4, -0.2) is 32.0 Å². The van der Waals surface area contributed by atoms with Gasteiger partial charge in [0.1, 0.15) is 5.75 Å². The van der Waals surface area contributed by atoms with Crippen LogP contribution in [0.25, 0.3) is 0 Å². The third-order valence-corrected chi connectivity index (χ3v) is 2.83. The Bertz CT molecular complexity index is 356. The van der Waals surface area contributed by atoms with Gasteiger partial charge in [0.15, 0.2) is 0 Å². The summed E-state index contributed by atoms with van der Waals surface area (Å²) in [6, 6.07) is 7.45. The normalized spacial score (nSPS) is 11.9. The minimum atomic E-state index is -0.745. The molecule has 3 N–H and O–H groups in total. The Morgan fingerprint density at radius 1 is 1.47 bits per heavy atom. The molecule has 1 aromatic carbocycles. The van der Waals surface area contributed by atoms with E-state index >= 15 is 0 Å². The van der Waals surface area contributed by atoms with Crippen LogP contribution in [0.2, 0.25) is 0 Å². The first kappa shape index (κ1) is 13.8. The zero-order valence-electron chi connectivity index (χ0n) is 9.80. The Hall–Kier alpha value is -1.24. The number of nitrogens with two attached hydrogens (primary N) is 1. The maximum absolute atomic E-state index is 11.4. The lowest BCUT2D eigenvalue weighted by atomic mass is 10.3. The summed E-state index contributed by atoms with van der Waals surface area (Å²) >= 11 is 1.64. The van der Waals surface area contributed by atoms with Gasteiger partial charge in [0, 0.05) is 12.0 Å². The van der Waals surface area contributed by atoms with Crippen LogP contribution in [0.5, 0.6) is 5.75 Å². The fourth-order valence-electron chi connectivity index (χ4n) is 1.23. The zero-order chi connectivity index (χ0) is 12.7. The van der Waals surface area contributed by atoms with Crippen molar-refractivity contribution in [2.45, 2.75) is 11.0 Å². The molecular formula is C11H16N2O3S. The summed E-state index contributed by atoms with van der Waals surface area (Å²) in [4.78, 5) is 12.5. The topological polar surface area (TPSA) is 73.6 Å². The molecule has 1 amide bonds. The molecule has 0 saturated heterocycles. The molecule has 1 unspecified atom stereocenters. The fraction of sp³-hybridized carbons (Fsp3) is 0.364. The number of hydrazine groups is 1. The summed E-state index contributed by atoms with van der Waals surface area (Å²) in [7, 11) is 1.50. The number of hydrogen-bond acceptors (Lipinski definition) is 5. The average Bonchev–Trinajstić information content (AvgIpc) is 2.38. The molecular weight excluding hydrogens is 240 g/mol. The largest absolute Gasteiger partial charge is 0.478 e. The van der Waals surface area contributed by atoms with E-state index in [1.165, 1.54) is 7.11 Å². The fourth-order valence-corrected chi connectivity index (χ4v) is 1.63. The van der Waals surface area contributed by atoms with Crippen LogP contribution in [0.4, 0.5) is 0 Å². The van der Waals surface area contributed by atoms with Crippen molar-refractivity contribution in [2.75, 3.05) is 20.0 Å². The molecule has 0 aliphatic carbocycles. The van der Waals surface area contributed by atoms with Gasteiger partial charge in [-0.2, -0.15) is 0 Å². The number of amides is 1. The molecule has 0 saturated carbocycles. The van der Waals surface area contributed by atoms with Crippen molar-refractivity contribution < 1.29 is 14.3 Å². The van der Waals surface area contributed by atoms with Gasteiger partial charge < -0.3 is 9.47 Å². The number of ether oxygens (including phenoxy) is 2. The van der Waals surface area contributed by atoms with E-state index < -0.39 is 12.0 Å². The van der Waals surface area contributed by atoms with Crippen molar-refractivity contribution in [2.24, 2.45) is 5.84 Å². The first-order valence-electron chi connectivity index (χ1n) is 5.01. The van der Waals surface area contributed by atoms with Gasteiger partial charge in [-0.25, -0.2) is 5.84 Å². The smallest absolute Gasteiger partial charge is 0.277 e. The van der Waals surface area contributed by atoms with Gasteiger partial charge in [-0.3, -0.25) is 10.2 Å². The molecule has 5 nitrogen and oxygen atoms in total. The molecule has 1 atom stereocenters. The summed E-state index contributed by atoms with van der Waals surface area (Å²) in [5.74, 6) is 5.25. The number of methoxy groups -OCH3 is 1. The van der Waals surface area contributed by atoms with Crippen LogP contribution >= 0.6 is 11.8 Å². The third kappa shape index (κ3) is 4.26. The maximum Gasteiger partial charge on any atom is 0.277 e. The van der Waals surface area contributed by atoms with E-state index in [1.54, 1.807) is 23.9 Å². The minimum Gasteiger partial charge on any atom is -0.478 e. The highest BCUT2D eigenvalue weighted by atomic mass is 32.2. The summed E-state index contributed by atoms with van der Waals surface area (Å²) in [6.45, 7) is 0.146. The standard InChI is InChI=1S/C11H16N2O3S/c1-15-7-10(11(14)13-12)16-8-3-5-9(17-2)6-4-8/h3-6,10H,7,12H2,1-2H3,(H,13,14). The Kier molecular flexibility index (Phi) is 5.82. The predicted octanol–water partition coefficient (Wildman–Crippen LogP) is 0.792. The highest BCUT2D eigenvalue weighted by Gasteiger charge is 2.19. The van der Waals surface area contributed by atoms with E-state index in [9.17, 15) is 4.79 Å². The predicted molar refractivity (Wildman–Crippen MR) is 66.8 cm³/mol. The Morgan fingerprint density at radius 3 is 2.59 bits per heavy atom. The number of thioether (sulfide) groups is 1. The molecule has 0 radical (unpaired) electrons. The molecule has 0 aromatic heterocycles. The quantitative estimate of drug-likeness (QED) is 0.341. The second-order valence-corrected chi connectivity index (χ2v) is 4.13. The molecule has 6 heteroatoms. The number of hydrogen-bond donors (Lipinski definition) is 2. The summed E-state index contributed by atoms with van der Waals surface area (Å²) in [6.07, 6.45) is 1.25. The molecule has 94 valence electrons. The van der Waals surface area contributed by atoms with Gasteiger partial charge in [0.05, 0.1) is 6.61 Å². The van der Waals surface area contributed by atoms with E-state index in [-0.39, 0.29) is 6.61 Å². The van der Waals surface area contributed by atoms with E-state index in [0.29, 0.717) is 5.75 Å². The summed E-state index contributed by atoms with van der Waals surface area (Å²) in [5, 5.41) is 0. The van der Waals surface area contributed by atoms with Crippen molar-refractivity contribution in [3.05, 3.63) is 24.3 Å². The maximum atomic E-state index is 11.4. The molecule has 1 aromatic rings. The molecule has 0 fully saturated rings. The number of benzene rings is 1. The minimum absolute atomic E-state index is 0.146. The number of carbonyl (C=O) groups excluding carboxylic acids is 1. The average molecular weight is 256 g/mol. The molecule has 0 bridgehead atoms. The SMILES string of the molecule is COCC(Oc1ccc(SC)cc1)C(=O)NN. The molecule has 0 aliphatic rings. The van der Waals surface area contributed by atoms with E-state index in [1.807, 2.05) is 23.8 Å². The highest BCUT2D eigenvalue weighted by Crippen LogP contribution is 2.19. The van der Waals surface area contributed by atoms with Gasteiger partial charge in [-0.05, 0) is 30.5 Å². The van der Waals surface area contributed by atoms with E-state index in [0.717, 1.165) is 4.90 Å². The van der Waals surface area contributed by atoms with E-state index in [4.69, 9.17) is 15.3 Å². The highest BCUT2D eigenvalue weighted by molar-refractivity contribution is 7.98. The van der Waals surface area contributed by atoms with Gasteiger partial charge >= 0.3 is 0 Å². The van der Waals surface area contributed by atoms with Gasteiger partial charge in [0.25, 0.3) is 5.91 Å². The number of rotatable bonds is 6. The second-order valence-electron chi connectivity index (χ2n) is 3.25. The van der Waals surface area contributed by atoms with Crippen molar-refractivity contribution in [1.82, 2.24) is 5.43 Å². The lowest BCUT2D eigenvalue weighted by molar-refractivity contribution is -0.130. The number of nitrogens with one attached hydrogen (secondary N) is 1. The molecule has 0 aliphatic heterocycles. The van der Waals surface area contributed by atoms with E-state index in [2.05, 4.69) is 0 Å². The summed E-state index contributed by atoms with van der Waals surface area (Å²) in [5.41, 5.74) is 2.04. The first-order valence-corrected chi connectivity index (χ1v) is 6.23. The molecule has 17 heavy (non-hydrogen) atoms.